The molecule has 0 nitrogen and oxygen atoms in total. The van der Waals surface area contributed by atoms with Gasteiger partial charge in [-0.2, -0.15) is 0 Å². The van der Waals surface area contributed by atoms with Gasteiger partial charge in [-0.1, -0.05) is 79.8 Å². The zero-order chi connectivity index (χ0) is 18.1. The summed E-state index contributed by atoms with van der Waals surface area (Å²) in [7, 11) is 0. The minimum absolute atomic E-state index is 0.231. The number of aryl methyl sites for hydroxylation is 1. The Morgan fingerprint density at radius 2 is 1.62 bits per heavy atom. The first-order chi connectivity index (χ1) is 11.5. The van der Waals surface area contributed by atoms with E-state index in [1.165, 1.54) is 6.07 Å². The highest BCUT2D eigenvalue weighted by Crippen LogP contribution is 2.26. The van der Waals surface area contributed by atoms with E-state index >= 15 is 0 Å². The Kier molecular flexibility index (Phi) is 7.64. The highest BCUT2D eigenvalue weighted by atomic mass is 19.1. The average molecular weight is 320 g/mol. The van der Waals surface area contributed by atoms with Crippen LogP contribution in [0.2, 0.25) is 0 Å². The lowest BCUT2D eigenvalue weighted by atomic mass is 9.99. The molecule has 0 aromatic heterocycles. The molecule has 0 amide bonds. The molecule has 0 saturated carbocycles. The van der Waals surface area contributed by atoms with Gasteiger partial charge in [0, 0.05) is 5.56 Å². The third-order valence-electron chi connectivity index (χ3n) is 3.68. The maximum absolute atomic E-state index is 14.4. The Morgan fingerprint density at radius 1 is 1.00 bits per heavy atom. The van der Waals surface area contributed by atoms with Gasteiger partial charge in [0.25, 0.3) is 0 Å². The molecule has 0 heterocycles. The van der Waals surface area contributed by atoms with Crippen LogP contribution in [0.1, 0.15) is 24.5 Å². The number of rotatable bonds is 5. The lowest BCUT2D eigenvalue weighted by molar-refractivity contribution is 0.631. The largest absolute Gasteiger partial charge is 0.206 e. The third kappa shape index (κ3) is 5.20. The molecule has 2 aromatic carbocycles. The summed E-state index contributed by atoms with van der Waals surface area (Å²) in [5.41, 5.74) is 5.25. The van der Waals surface area contributed by atoms with E-state index in [1.54, 1.807) is 0 Å². The molecule has 0 aliphatic carbocycles. The van der Waals surface area contributed by atoms with Gasteiger partial charge in [-0.15, -0.1) is 13.2 Å². The standard InChI is InChI=1S/C21H21F.C2H4/c1-5-15(2)6-9-17(4)19-12-13-20(21(22)14-19)18-10-7-16(3)8-11-18;1-2/h6-14H,2,4-5H2,1,3H3;1-2H2/b9-6-;. The molecule has 124 valence electrons. The SMILES string of the molecule is C=C.C=C(/C=C\C(=C)c1ccc(-c2ccc(C)cc2)c(F)c1)CC. The summed E-state index contributed by atoms with van der Waals surface area (Å²) in [5, 5.41) is 0. The summed E-state index contributed by atoms with van der Waals surface area (Å²) in [6, 6.07) is 13.1. The Hall–Kier alpha value is -2.67. The zero-order valence-corrected chi connectivity index (χ0v) is 14.6. The van der Waals surface area contributed by atoms with E-state index in [1.807, 2.05) is 62.4 Å². The van der Waals surface area contributed by atoms with E-state index in [2.05, 4.69) is 26.3 Å². The van der Waals surface area contributed by atoms with Crippen LogP contribution in [0.5, 0.6) is 0 Å². The second-order valence-electron chi connectivity index (χ2n) is 5.43. The van der Waals surface area contributed by atoms with E-state index in [-0.39, 0.29) is 5.82 Å². The topological polar surface area (TPSA) is 0 Å². The minimum Gasteiger partial charge on any atom is -0.206 e. The van der Waals surface area contributed by atoms with Crippen molar-refractivity contribution >= 4 is 5.57 Å². The number of halogens is 1. The van der Waals surface area contributed by atoms with E-state index in [0.29, 0.717) is 5.56 Å². The molecule has 0 aliphatic heterocycles. The van der Waals surface area contributed by atoms with Crippen LogP contribution in [-0.2, 0) is 0 Å². The smallest absolute Gasteiger partial charge is 0.131 e. The van der Waals surface area contributed by atoms with Gasteiger partial charge in [-0.05, 0) is 36.1 Å². The van der Waals surface area contributed by atoms with Crippen molar-refractivity contribution in [2.75, 3.05) is 0 Å². The van der Waals surface area contributed by atoms with Gasteiger partial charge in [0.15, 0.2) is 0 Å². The Labute approximate surface area is 145 Å². The first-order valence-corrected chi connectivity index (χ1v) is 7.93. The molecule has 0 spiro atoms. The van der Waals surface area contributed by atoms with Crippen LogP contribution in [-0.4, -0.2) is 0 Å². The van der Waals surface area contributed by atoms with Crippen molar-refractivity contribution < 1.29 is 4.39 Å². The molecule has 24 heavy (non-hydrogen) atoms. The summed E-state index contributed by atoms with van der Waals surface area (Å²) in [4.78, 5) is 0. The lowest BCUT2D eigenvalue weighted by Crippen LogP contribution is -1.88. The second kappa shape index (κ2) is 9.46. The summed E-state index contributed by atoms with van der Waals surface area (Å²) < 4.78 is 14.4. The lowest BCUT2D eigenvalue weighted by Gasteiger charge is -2.07. The van der Waals surface area contributed by atoms with Crippen molar-refractivity contribution in [1.29, 1.82) is 0 Å². The maximum atomic E-state index is 14.4. The molecular formula is C23H25F. The van der Waals surface area contributed by atoms with E-state index < -0.39 is 0 Å². The number of benzene rings is 2. The highest BCUT2D eigenvalue weighted by Gasteiger charge is 2.07. The molecule has 0 aliphatic rings. The molecule has 0 bridgehead atoms. The molecule has 0 saturated heterocycles. The second-order valence-corrected chi connectivity index (χ2v) is 5.43. The van der Waals surface area contributed by atoms with Gasteiger partial charge in [0.05, 0.1) is 0 Å². The van der Waals surface area contributed by atoms with Gasteiger partial charge in [0.2, 0.25) is 0 Å². The number of hydrogen-bond donors (Lipinski definition) is 0. The van der Waals surface area contributed by atoms with Crippen molar-refractivity contribution in [1.82, 2.24) is 0 Å². The monoisotopic (exact) mass is 320 g/mol. The maximum Gasteiger partial charge on any atom is 0.131 e. The minimum atomic E-state index is -0.231. The van der Waals surface area contributed by atoms with E-state index in [0.717, 1.165) is 34.3 Å². The van der Waals surface area contributed by atoms with Crippen LogP contribution in [0.25, 0.3) is 16.7 Å². The molecule has 2 aromatic rings. The van der Waals surface area contributed by atoms with Crippen LogP contribution in [0.15, 0.2) is 86.5 Å². The predicted molar refractivity (Wildman–Crippen MR) is 105 cm³/mol. The van der Waals surface area contributed by atoms with Crippen molar-refractivity contribution in [3.63, 3.8) is 0 Å². The van der Waals surface area contributed by atoms with Crippen molar-refractivity contribution in [3.8, 4) is 11.1 Å². The molecular weight excluding hydrogens is 295 g/mol. The third-order valence-corrected chi connectivity index (χ3v) is 3.68. The summed E-state index contributed by atoms with van der Waals surface area (Å²) >= 11 is 0. The summed E-state index contributed by atoms with van der Waals surface area (Å²) in [6.45, 7) is 18.0. The fraction of sp³-hybridized carbons (Fsp3) is 0.130. The zero-order valence-electron chi connectivity index (χ0n) is 14.6. The molecule has 0 fully saturated rings. The van der Waals surface area contributed by atoms with Crippen molar-refractivity contribution in [3.05, 3.63) is 103 Å². The van der Waals surface area contributed by atoms with Gasteiger partial charge in [0.1, 0.15) is 5.82 Å². The van der Waals surface area contributed by atoms with Crippen LogP contribution in [0.4, 0.5) is 4.39 Å². The Bertz CT molecular complexity index is 733. The van der Waals surface area contributed by atoms with E-state index in [4.69, 9.17) is 0 Å². The predicted octanol–water partition coefficient (Wildman–Crippen LogP) is 7.14. The molecule has 0 unspecified atom stereocenters. The number of hydrogen-bond acceptors (Lipinski definition) is 0. The van der Waals surface area contributed by atoms with Crippen LogP contribution >= 0.6 is 0 Å². The average Bonchev–Trinajstić information content (AvgIpc) is 2.62. The quantitative estimate of drug-likeness (QED) is 0.406. The van der Waals surface area contributed by atoms with Gasteiger partial charge in [-0.25, -0.2) is 4.39 Å². The summed E-state index contributed by atoms with van der Waals surface area (Å²) in [5.74, 6) is -0.231. The van der Waals surface area contributed by atoms with Crippen molar-refractivity contribution in [2.45, 2.75) is 20.3 Å². The highest BCUT2D eigenvalue weighted by molar-refractivity contribution is 5.75. The Balaban J connectivity index is 0.00000139. The van der Waals surface area contributed by atoms with Gasteiger partial charge >= 0.3 is 0 Å². The van der Waals surface area contributed by atoms with E-state index in [9.17, 15) is 4.39 Å². The molecule has 0 atom stereocenters. The molecule has 1 heteroatoms. The fourth-order valence-electron chi connectivity index (χ4n) is 2.11. The first kappa shape index (κ1) is 19.4. The van der Waals surface area contributed by atoms with Crippen LogP contribution in [0.3, 0.4) is 0 Å². The molecule has 0 radical (unpaired) electrons. The number of allylic oxidation sites excluding steroid dienone is 4. The fourth-order valence-corrected chi connectivity index (χ4v) is 2.11. The molecule has 2 rings (SSSR count). The van der Waals surface area contributed by atoms with Gasteiger partial charge in [-0.3, -0.25) is 0 Å². The van der Waals surface area contributed by atoms with Crippen molar-refractivity contribution in [2.24, 2.45) is 0 Å². The first-order valence-electron chi connectivity index (χ1n) is 7.93. The van der Waals surface area contributed by atoms with Crippen LogP contribution < -0.4 is 0 Å². The molecule has 0 N–H and O–H groups in total. The normalized spacial score (nSPS) is 10.1. The van der Waals surface area contributed by atoms with Crippen LogP contribution in [0, 0.1) is 12.7 Å². The summed E-state index contributed by atoms with van der Waals surface area (Å²) in [6.07, 6.45) is 4.70. The van der Waals surface area contributed by atoms with Gasteiger partial charge < -0.3 is 0 Å². The Morgan fingerprint density at radius 3 is 2.17 bits per heavy atom.